The molecule has 168 valence electrons. The average Bonchev–Trinajstić information content (AvgIpc) is 3.45. The number of carbonyl (C=O) groups is 4. The summed E-state index contributed by atoms with van der Waals surface area (Å²) >= 11 is 0. The highest BCUT2D eigenvalue weighted by atomic mass is 16.1. The van der Waals surface area contributed by atoms with Crippen LogP contribution in [0.1, 0.15) is 65.2 Å². The van der Waals surface area contributed by atoms with E-state index in [4.69, 9.17) is 0 Å². The largest absolute Gasteiger partial charge is 0.294 e. The van der Waals surface area contributed by atoms with Crippen LogP contribution < -0.4 is 0 Å². The molecule has 0 aromatic heterocycles. The van der Waals surface area contributed by atoms with Gasteiger partial charge in [0.05, 0.1) is 0 Å². The lowest BCUT2D eigenvalue weighted by Gasteiger charge is -2.55. The number of allylic oxidation sites excluding steroid dienone is 6. The first kappa shape index (κ1) is 20.5. The van der Waals surface area contributed by atoms with E-state index in [1.165, 1.54) is 49.1 Å². The Morgan fingerprint density at radius 1 is 0.812 bits per heavy atom. The molecule has 1 spiro atoms. The maximum Gasteiger partial charge on any atom is 0.160 e. The third kappa shape index (κ3) is 2.11. The number of rotatable bonds is 6. The van der Waals surface area contributed by atoms with E-state index in [1.807, 2.05) is 0 Å². The zero-order valence-corrected chi connectivity index (χ0v) is 19.1. The molecule has 6 rings (SSSR count). The SMILES string of the molecule is CCCCCCC[C@]12C[C@](C)([C@H]3C(=O)C=CC(=O)[C@H]31)[C@]13C[C@H](C=C21)[C@@H]1C(=O)C=CC(=O)C13. The van der Waals surface area contributed by atoms with Crippen LogP contribution in [0.5, 0.6) is 0 Å². The molecule has 0 heterocycles. The van der Waals surface area contributed by atoms with Gasteiger partial charge >= 0.3 is 0 Å². The van der Waals surface area contributed by atoms with Crippen LogP contribution in [0.4, 0.5) is 0 Å². The molecule has 0 N–H and O–H groups in total. The Balaban J connectivity index is 1.49. The fourth-order valence-electron chi connectivity index (χ4n) is 9.63. The monoisotopic (exact) mass is 432 g/mol. The molecule has 6 aliphatic carbocycles. The molecular weight excluding hydrogens is 400 g/mol. The van der Waals surface area contributed by atoms with E-state index in [2.05, 4.69) is 19.9 Å². The summed E-state index contributed by atoms with van der Waals surface area (Å²) in [5.41, 5.74) is 0.0712. The summed E-state index contributed by atoms with van der Waals surface area (Å²) in [5.74, 6) is -0.971. The van der Waals surface area contributed by atoms with Crippen LogP contribution in [0, 0.1) is 45.8 Å². The zero-order chi connectivity index (χ0) is 22.5. The molecule has 1 unspecified atom stereocenters. The van der Waals surface area contributed by atoms with Crippen molar-refractivity contribution in [1.82, 2.24) is 0 Å². The first-order valence-electron chi connectivity index (χ1n) is 12.6. The van der Waals surface area contributed by atoms with Gasteiger partial charge in [0, 0.05) is 34.5 Å². The zero-order valence-electron chi connectivity index (χ0n) is 19.1. The Hall–Kier alpha value is -2.10. The summed E-state index contributed by atoms with van der Waals surface area (Å²) in [6, 6.07) is 0. The molecule has 6 aliphatic rings. The van der Waals surface area contributed by atoms with Crippen LogP contribution >= 0.6 is 0 Å². The van der Waals surface area contributed by atoms with E-state index in [9.17, 15) is 19.2 Å². The Kier molecular flexibility index (Phi) is 4.15. The van der Waals surface area contributed by atoms with E-state index in [0.717, 1.165) is 32.1 Å². The molecule has 8 atom stereocenters. The van der Waals surface area contributed by atoms with Gasteiger partial charge in [0.1, 0.15) is 0 Å². The van der Waals surface area contributed by atoms with Crippen LogP contribution in [-0.2, 0) is 19.2 Å². The molecule has 4 bridgehead atoms. The Labute approximate surface area is 189 Å². The van der Waals surface area contributed by atoms with Gasteiger partial charge in [-0.05, 0) is 54.9 Å². The standard InChI is InChI=1S/C28H32O4/c1-3-4-5-6-7-12-27-15-26(2,24-19(31)10-11-20(32)25(24)27)28-14-16(13-21(27)28)22-17(29)8-9-18(30)23(22)28/h8-11,13,16,22-25H,3-7,12,14-15H2,1-2H3/t16-,22+,23?,24-,25+,26+,27+,28+/m0/s1. The molecular formula is C28H32O4. The molecule has 4 heteroatoms. The highest BCUT2D eigenvalue weighted by Crippen LogP contribution is 2.86. The highest BCUT2D eigenvalue weighted by molar-refractivity contribution is 6.11. The van der Waals surface area contributed by atoms with Gasteiger partial charge in [-0.2, -0.15) is 0 Å². The van der Waals surface area contributed by atoms with Crippen molar-refractivity contribution in [2.45, 2.75) is 65.2 Å². The summed E-state index contributed by atoms with van der Waals surface area (Å²) in [6.07, 6.45) is 16.5. The summed E-state index contributed by atoms with van der Waals surface area (Å²) in [7, 11) is 0. The van der Waals surface area contributed by atoms with Crippen molar-refractivity contribution in [2.75, 3.05) is 0 Å². The predicted octanol–water partition coefficient (Wildman–Crippen LogP) is 4.58. The summed E-state index contributed by atoms with van der Waals surface area (Å²) in [6.45, 7) is 4.38. The van der Waals surface area contributed by atoms with E-state index in [0.29, 0.717) is 0 Å². The van der Waals surface area contributed by atoms with Crippen molar-refractivity contribution in [1.29, 1.82) is 0 Å². The smallest absolute Gasteiger partial charge is 0.160 e. The Morgan fingerprint density at radius 2 is 1.44 bits per heavy atom. The van der Waals surface area contributed by atoms with Crippen LogP contribution in [0.25, 0.3) is 0 Å². The van der Waals surface area contributed by atoms with Crippen LogP contribution in [0.3, 0.4) is 0 Å². The van der Waals surface area contributed by atoms with Gasteiger partial charge < -0.3 is 0 Å². The number of fused-ring (bicyclic) bond motifs is 9. The van der Waals surface area contributed by atoms with Crippen LogP contribution in [-0.4, -0.2) is 23.1 Å². The van der Waals surface area contributed by atoms with Crippen LogP contribution in [0.15, 0.2) is 36.0 Å². The Bertz CT molecular complexity index is 1050. The van der Waals surface area contributed by atoms with Crippen LogP contribution in [0.2, 0.25) is 0 Å². The van der Waals surface area contributed by atoms with E-state index < -0.39 is 10.8 Å². The molecule has 0 aromatic carbocycles. The maximum absolute atomic E-state index is 13.3. The fraction of sp³-hybridized carbons (Fsp3) is 0.643. The minimum Gasteiger partial charge on any atom is -0.294 e. The third-order valence-electron chi connectivity index (χ3n) is 10.4. The van der Waals surface area contributed by atoms with Crippen molar-refractivity contribution in [3.8, 4) is 0 Å². The van der Waals surface area contributed by atoms with Gasteiger partial charge in [-0.25, -0.2) is 0 Å². The lowest BCUT2D eigenvalue weighted by Crippen LogP contribution is -2.57. The van der Waals surface area contributed by atoms with Gasteiger partial charge in [0.15, 0.2) is 23.1 Å². The van der Waals surface area contributed by atoms with Gasteiger partial charge in [0.2, 0.25) is 0 Å². The lowest BCUT2D eigenvalue weighted by molar-refractivity contribution is -0.144. The second-order valence-corrected chi connectivity index (χ2v) is 11.6. The second-order valence-electron chi connectivity index (χ2n) is 11.6. The quantitative estimate of drug-likeness (QED) is 0.455. The van der Waals surface area contributed by atoms with Crippen molar-refractivity contribution < 1.29 is 19.2 Å². The molecule has 0 aliphatic heterocycles. The predicted molar refractivity (Wildman–Crippen MR) is 119 cm³/mol. The average molecular weight is 433 g/mol. The topological polar surface area (TPSA) is 68.3 Å². The van der Waals surface area contributed by atoms with Gasteiger partial charge in [-0.15, -0.1) is 0 Å². The molecule has 32 heavy (non-hydrogen) atoms. The van der Waals surface area contributed by atoms with E-state index >= 15 is 0 Å². The molecule has 0 aromatic rings. The molecule has 3 saturated carbocycles. The maximum atomic E-state index is 13.3. The van der Waals surface area contributed by atoms with Crippen molar-refractivity contribution in [3.63, 3.8) is 0 Å². The van der Waals surface area contributed by atoms with Crippen molar-refractivity contribution >= 4 is 23.1 Å². The minimum atomic E-state index is -0.445. The summed E-state index contributed by atoms with van der Waals surface area (Å²) < 4.78 is 0. The van der Waals surface area contributed by atoms with Gasteiger partial charge in [0.25, 0.3) is 0 Å². The first-order chi connectivity index (χ1) is 15.3. The fourth-order valence-corrected chi connectivity index (χ4v) is 9.63. The molecule has 3 fully saturated rings. The van der Waals surface area contributed by atoms with Gasteiger partial charge in [-0.1, -0.05) is 57.6 Å². The number of carbonyl (C=O) groups excluding carboxylic acids is 4. The number of hydrogen-bond donors (Lipinski definition) is 0. The lowest BCUT2D eigenvalue weighted by atomic mass is 9.45. The van der Waals surface area contributed by atoms with E-state index in [1.54, 1.807) is 0 Å². The second kappa shape index (κ2) is 6.48. The Morgan fingerprint density at radius 3 is 2.16 bits per heavy atom. The number of ketones is 4. The van der Waals surface area contributed by atoms with E-state index in [-0.39, 0.29) is 58.1 Å². The first-order valence-corrected chi connectivity index (χ1v) is 12.6. The molecule has 0 amide bonds. The summed E-state index contributed by atoms with van der Waals surface area (Å²) in [4.78, 5) is 52.7. The third-order valence-corrected chi connectivity index (χ3v) is 10.4. The molecule has 0 radical (unpaired) electrons. The highest BCUT2D eigenvalue weighted by Gasteiger charge is 2.84. The number of hydrogen-bond acceptors (Lipinski definition) is 4. The normalized spacial score (nSPS) is 47.2. The molecule has 0 saturated heterocycles. The minimum absolute atomic E-state index is 0.0513. The molecule has 4 nitrogen and oxygen atoms in total. The van der Waals surface area contributed by atoms with Crippen molar-refractivity contribution in [2.24, 2.45) is 45.8 Å². The number of unbranched alkanes of at least 4 members (excludes halogenated alkanes) is 4. The van der Waals surface area contributed by atoms with Gasteiger partial charge in [-0.3, -0.25) is 19.2 Å². The summed E-state index contributed by atoms with van der Waals surface area (Å²) in [5, 5.41) is 0. The van der Waals surface area contributed by atoms with Crippen molar-refractivity contribution in [3.05, 3.63) is 36.0 Å².